The number of carboxylic acids is 1. The number of allylic oxidation sites excluding steroid dienone is 21. The maximum Gasteiger partial charge on any atom is 0.276 e. The van der Waals surface area contributed by atoms with Crippen LogP contribution in [0, 0.1) is 0 Å². The summed E-state index contributed by atoms with van der Waals surface area (Å²) in [5.41, 5.74) is 14.9. The molecule has 3 aliphatic heterocycles. The van der Waals surface area contributed by atoms with Crippen LogP contribution in [0.5, 0.6) is 0 Å². The number of hydrogen-bond donors (Lipinski definition) is 8. The van der Waals surface area contributed by atoms with Crippen LogP contribution in [0.4, 0.5) is 0 Å². The number of phosphoric ester groups is 2. The molecule has 0 aromatic rings. The molecule has 0 bridgehead atoms. The third-order valence-electron chi connectivity index (χ3n) is 18.7. The van der Waals surface area contributed by atoms with Gasteiger partial charge in [-0.1, -0.05) is 128 Å². The summed E-state index contributed by atoms with van der Waals surface area (Å²) in [5.74, 6) is -4.46. The van der Waals surface area contributed by atoms with E-state index in [1.54, 1.807) is 6.92 Å². The Kier molecular flexibility index (Phi) is 44.1. The predicted molar refractivity (Wildman–Crippen MR) is 403 cm³/mol. The van der Waals surface area contributed by atoms with Crippen molar-refractivity contribution in [3.63, 3.8) is 0 Å². The highest BCUT2D eigenvalue weighted by molar-refractivity contribution is 7.59. The zero-order valence-corrected chi connectivity index (χ0v) is 67.4. The van der Waals surface area contributed by atoms with E-state index in [0.29, 0.717) is 12.8 Å². The number of carboxylic acid groups (broad SMARTS) is 1. The maximum absolute atomic E-state index is 13.2. The quantitative estimate of drug-likeness (QED) is 0.0207. The first-order valence-electron chi connectivity index (χ1n) is 37.3. The lowest BCUT2D eigenvalue weighted by Gasteiger charge is -2.50. The van der Waals surface area contributed by atoms with Crippen LogP contribution in [0.15, 0.2) is 128 Å². The van der Waals surface area contributed by atoms with Crippen LogP contribution in [0.25, 0.3) is 0 Å². The lowest BCUT2D eigenvalue weighted by atomic mass is 9.93. The van der Waals surface area contributed by atoms with Gasteiger partial charge in [0.15, 0.2) is 18.9 Å². The van der Waals surface area contributed by atoms with E-state index in [1.165, 1.54) is 68.7 Å². The number of rotatable bonds is 46. The fourth-order valence-corrected chi connectivity index (χ4v) is 14.4. The first kappa shape index (κ1) is 95.1. The summed E-state index contributed by atoms with van der Waals surface area (Å²) >= 11 is 0. The summed E-state index contributed by atoms with van der Waals surface area (Å²) in [5, 5.41) is 74.8. The molecular weight excluding hydrogens is 1400 g/mol. The molecule has 17 atom stereocenters. The Morgan fingerprint density at radius 1 is 0.406 bits per heavy atom. The molecule has 0 aromatic heterocycles. The number of hydrogen-bond acceptors (Lipinski definition) is 22. The molecule has 106 heavy (non-hydrogen) atoms. The normalized spacial score (nSPS) is 27.7. The monoisotopic (exact) mass is 1530 g/mol. The van der Waals surface area contributed by atoms with Gasteiger partial charge in [0, 0.05) is 20.8 Å². The molecule has 0 saturated carbocycles. The van der Waals surface area contributed by atoms with Gasteiger partial charge in [-0.2, -0.15) is 0 Å². The highest BCUT2D eigenvalue weighted by atomic mass is 31.3. The highest BCUT2D eigenvalue weighted by Crippen LogP contribution is 2.57. The number of aliphatic hydroxyl groups is 5. The Balaban J connectivity index is 1.40. The smallest absolute Gasteiger partial charge is 0.276 e. The van der Waals surface area contributed by atoms with Gasteiger partial charge in [-0.3, -0.25) is 28.0 Å². The van der Waals surface area contributed by atoms with E-state index in [4.69, 9.17) is 32.7 Å². The van der Waals surface area contributed by atoms with Crippen LogP contribution in [0.2, 0.25) is 0 Å². The van der Waals surface area contributed by atoms with Gasteiger partial charge in [-0.05, 0) is 218 Å². The molecule has 3 saturated heterocycles. The number of aliphatic carboxylic acids is 1. The number of aliphatic hydroxyl groups excluding tert-OH is 5. The Morgan fingerprint density at radius 3 is 1.07 bits per heavy atom. The lowest BCUT2D eigenvalue weighted by molar-refractivity contribution is -0.371. The Bertz CT molecular complexity index is 3250. The van der Waals surface area contributed by atoms with Crippen molar-refractivity contribution in [1.82, 2.24) is 16.0 Å². The summed E-state index contributed by atoms with van der Waals surface area (Å²) in [6.45, 7) is 28.7. The third-order valence-corrected chi connectivity index (χ3v) is 21.2. The molecular formula is C79H126N3O22P2-3. The minimum absolute atomic E-state index is 0.528. The molecule has 3 rings (SSSR count). The molecule has 0 aliphatic carbocycles. The van der Waals surface area contributed by atoms with Crippen molar-refractivity contribution in [2.24, 2.45) is 0 Å². The Labute approximate surface area is 630 Å². The fourth-order valence-electron chi connectivity index (χ4n) is 12.4. The van der Waals surface area contributed by atoms with Crippen molar-refractivity contribution in [3.8, 4) is 0 Å². The number of phosphoric acid groups is 2. The van der Waals surface area contributed by atoms with Crippen LogP contribution in [0.3, 0.4) is 0 Å². The van der Waals surface area contributed by atoms with Crippen LogP contribution < -0.4 is 30.8 Å². The minimum atomic E-state index is -6.08. The molecule has 27 heteroatoms. The van der Waals surface area contributed by atoms with Crippen molar-refractivity contribution in [1.29, 1.82) is 0 Å². The van der Waals surface area contributed by atoms with Gasteiger partial charge in [0.1, 0.15) is 60.9 Å². The summed E-state index contributed by atoms with van der Waals surface area (Å²) in [6, 6.07) is -5.00. The van der Waals surface area contributed by atoms with E-state index in [0.717, 1.165) is 142 Å². The van der Waals surface area contributed by atoms with Crippen molar-refractivity contribution in [2.45, 2.75) is 331 Å². The average Bonchev–Trinajstić information content (AvgIpc) is 0.769. The SMILES string of the molecule is CC(=O)N[C@@H]1[C@H](O[C@H]2[C@H](O)[C@@H](NC(C)=O)[C@@H](OP(=O)([O-])OP(=O)([O-])OC/C=C(/C)CC/C=C(/C)CC/C=C(/C)CC/C=C(/C)CC/C=C(/C)CC/C=C(/C)CC/C=C(/C)CC/C=C(/C)CC/C=C(\C)CC/C=C(\C)CCC=C(C)C)O[C@@H]2CO)O[C@H](C(=O)[O-])[C@@H](O[C@H]2O[C@H](C)[C@H](NC(C)=O)[C@H](O)[C@H]2O)[C@@H]1O. The minimum Gasteiger partial charge on any atom is -0.756 e. The van der Waals surface area contributed by atoms with E-state index in [9.17, 15) is 68.7 Å². The molecule has 0 radical (unpaired) electrons. The van der Waals surface area contributed by atoms with Crippen LogP contribution in [-0.2, 0) is 65.4 Å². The number of amides is 3. The van der Waals surface area contributed by atoms with E-state index in [1.807, 2.05) is 6.92 Å². The predicted octanol–water partition coefficient (Wildman–Crippen LogP) is 10.9. The molecule has 3 heterocycles. The van der Waals surface area contributed by atoms with Gasteiger partial charge in [0.25, 0.3) is 15.6 Å². The number of nitrogens with one attached hydrogen (secondary N) is 3. The number of ether oxygens (including phenoxy) is 5. The van der Waals surface area contributed by atoms with Gasteiger partial charge < -0.3 is 89.4 Å². The lowest BCUT2D eigenvalue weighted by Crippen LogP contribution is -2.71. The van der Waals surface area contributed by atoms with Crippen LogP contribution in [-0.4, -0.2) is 154 Å². The van der Waals surface area contributed by atoms with Crippen molar-refractivity contribution < 1.29 is 106 Å². The van der Waals surface area contributed by atoms with Gasteiger partial charge >= 0.3 is 0 Å². The van der Waals surface area contributed by atoms with E-state index >= 15 is 0 Å². The molecule has 8 N–H and O–H groups in total. The van der Waals surface area contributed by atoms with Gasteiger partial charge in [0.2, 0.25) is 17.7 Å². The standard InChI is InChI=1S/C79H129N3O22P2/c1-50(2)27-17-28-51(3)29-18-30-52(4)31-19-32-53(5)33-20-34-54(6)35-21-36-55(7)37-22-38-56(8)39-23-40-57(9)41-24-42-58(10)43-25-44-59(11)45-26-46-60(12)47-48-97-105(93,94)104-106(95,96)103-78-68(82-64(16)86)70(88)73(65(49-83)99-78)100-77-67(81-63(15)85)71(89)74(75(102-77)76(91)92)101-79-72(90)69(87)66(61(13)98-79)80-62(14)84/h27,29,31,33,35,37,39,41,43,45,47,61,65-75,77-79,83,87-90H,17-26,28,30,32,34,36,38,40,42,44,46,48-49H2,1-16H3,(H,80,84)(H,81,85)(H,82,86)(H,91,92)(H,93,94)(H,95,96)/p-3/b51-29+,52-31+,53-33-,54-35-,55-37-,56-39-,57-41-,58-43-,59-45-,60-47-/t61-,65-,66+,67+,68-,69+,70-,71-,72-,73-,74+,75+,77-,78-,79-/m1/s1. The van der Waals surface area contributed by atoms with Gasteiger partial charge in [-0.25, -0.2) is 4.31 Å². The zero-order valence-electron chi connectivity index (χ0n) is 65.6. The molecule has 2 unspecified atom stereocenters. The highest BCUT2D eigenvalue weighted by Gasteiger charge is 2.55. The van der Waals surface area contributed by atoms with Crippen LogP contribution >= 0.6 is 15.6 Å². The molecule has 0 spiro atoms. The molecule has 0 aromatic carbocycles. The molecule has 25 nitrogen and oxygen atoms in total. The largest absolute Gasteiger partial charge is 0.756 e. The first-order chi connectivity index (χ1) is 49.8. The molecule has 3 fully saturated rings. The third kappa shape index (κ3) is 37.5. The summed E-state index contributed by atoms with van der Waals surface area (Å²) in [6.07, 6.45) is 21.4. The zero-order chi connectivity index (χ0) is 79.4. The maximum atomic E-state index is 13.2. The second kappa shape index (κ2) is 49.2. The van der Waals surface area contributed by atoms with Gasteiger partial charge in [0.05, 0.1) is 31.3 Å². The van der Waals surface area contributed by atoms with Crippen LogP contribution in [0.1, 0.15) is 239 Å². The summed E-state index contributed by atoms with van der Waals surface area (Å²) in [7, 11) is -11.8. The number of carbonyl (C=O) groups excluding carboxylic acids is 4. The van der Waals surface area contributed by atoms with E-state index < -0.39 is 144 Å². The second-order valence-corrected chi connectivity index (χ2v) is 32.0. The van der Waals surface area contributed by atoms with Gasteiger partial charge in [-0.15, -0.1) is 0 Å². The molecule has 3 amide bonds. The summed E-state index contributed by atoms with van der Waals surface area (Å²) in [4.78, 5) is 75.3. The van der Waals surface area contributed by atoms with Crippen molar-refractivity contribution in [2.75, 3.05) is 13.2 Å². The number of carbonyl (C=O) groups is 4. The van der Waals surface area contributed by atoms with E-state index in [2.05, 4.69) is 150 Å². The topological polar surface area (TPSA) is 383 Å². The first-order valence-corrected chi connectivity index (χ1v) is 40.2. The summed E-state index contributed by atoms with van der Waals surface area (Å²) < 4.78 is 68.4. The fraction of sp³-hybridized carbons (Fsp3) is 0.671. The Morgan fingerprint density at radius 2 is 0.726 bits per heavy atom. The van der Waals surface area contributed by atoms with E-state index in [-0.39, 0.29) is 0 Å². The van der Waals surface area contributed by atoms with Crippen molar-refractivity contribution >= 4 is 39.3 Å². The molecule has 3 aliphatic rings. The second-order valence-electron chi connectivity index (χ2n) is 29.1. The average molecular weight is 1530 g/mol. The van der Waals surface area contributed by atoms with Crippen molar-refractivity contribution in [3.05, 3.63) is 128 Å². The Hall–Kier alpha value is -5.12. The molecule has 602 valence electrons.